The maximum Gasteiger partial charge on any atom is 0.412 e. The van der Waals surface area contributed by atoms with E-state index in [1.807, 2.05) is 6.07 Å². The van der Waals surface area contributed by atoms with E-state index in [0.717, 1.165) is 5.39 Å². The fourth-order valence-electron chi connectivity index (χ4n) is 3.79. The van der Waals surface area contributed by atoms with Crippen LogP contribution in [0.15, 0.2) is 55.0 Å². The first-order valence-electron chi connectivity index (χ1n) is 11.7. The molecule has 5 rings (SSSR count). The molecule has 0 aliphatic carbocycles. The average Bonchev–Trinajstić information content (AvgIpc) is 3.35. The number of nitrogens with one attached hydrogen (secondary N) is 1. The molecule has 12 heteroatoms. The number of hydrogen-bond donors (Lipinski definition) is 1. The summed E-state index contributed by atoms with van der Waals surface area (Å²) in [5.74, 6) is -0.256. The van der Waals surface area contributed by atoms with E-state index in [9.17, 15) is 4.79 Å². The van der Waals surface area contributed by atoms with Gasteiger partial charge in [-0.25, -0.2) is 14.2 Å². The van der Waals surface area contributed by atoms with Gasteiger partial charge in [0, 0.05) is 40.1 Å². The molecule has 200 valence electrons. The lowest BCUT2D eigenvalue weighted by Crippen LogP contribution is -2.32. The number of carbonyl (C=O) groups is 1. The number of carbonyl (C=O) groups excluding carboxylic acids is 1. The Morgan fingerprint density at radius 1 is 1.08 bits per heavy atom. The van der Waals surface area contributed by atoms with Crippen LogP contribution >= 0.6 is 34.5 Å². The Morgan fingerprint density at radius 2 is 1.85 bits per heavy atom. The highest BCUT2D eigenvalue weighted by molar-refractivity contribution is 7.21. The molecule has 39 heavy (non-hydrogen) atoms. The summed E-state index contributed by atoms with van der Waals surface area (Å²) in [7, 11) is 1.56. The molecule has 1 N–H and O–H groups in total. The molecular weight excluding hydrogens is 566 g/mol. The van der Waals surface area contributed by atoms with Crippen molar-refractivity contribution in [3.8, 4) is 22.1 Å². The molecule has 0 radical (unpaired) electrons. The van der Waals surface area contributed by atoms with Crippen molar-refractivity contribution in [3.05, 3.63) is 70.9 Å². The van der Waals surface area contributed by atoms with Crippen molar-refractivity contribution in [2.75, 3.05) is 12.4 Å². The number of pyridine rings is 2. The van der Waals surface area contributed by atoms with Crippen molar-refractivity contribution in [2.45, 2.75) is 26.1 Å². The van der Waals surface area contributed by atoms with Crippen LogP contribution in [-0.4, -0.2) is 40.4 Å². The van der Waals surface area contributed by atoms with Crippen molar-refractivity contribution in [3.63, 3.8) is 0 Å². The highest BCUT2D eigenvalue weighted by Gasteiger charge is 2.24. The number of methoxy groups -OCH3 is 1. The third-order valence-electron chi connectivity index (χ3n) is 5.91. The predicted octanol–water partition coefficient (Wildman–Crippen LogP) is 7.77. The topological polar surface area (TPSA) is 95.5 Å². The molecule has 8 nitrogen and oxygen atoms in total. The number of nitrogens with zero attached hydrogens (tertiary/aromatic N) is 3. The number of benzene rings is 2. The second-order valence-corrected chi connectivity index (χ2v) is 10.4. The predicted molar refractivity (Wildman–Crippen MR) is 151 cm³/mol. The number of aromatic nitrogens is 3. The SMILES string of the molecule is COc1cnc2c(-c3nc4c(Cl)c(F)c(O[C@@H](C)C(C)OC(=O)Nc5ccncc5)cc4s3)cc(Cl)cc2c1. The lowest BCUT2D eigenvalue weighted by atomic mass is 10.1. The molecule has 0 fully saturated rings. The Labute approximate surface area is 236 Å². The molecule has 0 spiro atoms. The minimum Gasteiger partial charge on any atom is -0.495 e. The highest BCUT2D eigenvalue weighted by Crippen LogP contribution is 2.41. The lowest BCUT2D eigenvalue weighted by molar-refractivity contribution is 0.0402. The first-order valence-corrected chi connectivity index (χ1v) is 13.3. The first-order chi connectivity index (χ1) is 18.7. The van der Waals surface area contributed by atoms with E-state index >= 15 is 4.39 Å². The number of hydrogen-bond acceptors (Lipinski definition) is 8. The van der Waals surface area contributed by atoms with E-state index in [1.165, 1.54) is 17.4 Å². The molecule has 3 aromatic heterocycles. The van der Waals surface area contributed by atoms with Crippen LogP contribution in [0, 0.1) is 5.82 Å². The maximum absolute atomic E-state index is 15.3. The number of anilines is 1. The molecule has 5 aromatic rings. The number of amides is 1. The maximum atomic E-state index is 15.3. The summed E-state index contributed by atoms with van der Waals surface area (Å²) < 4.78 is 32.3. The van der Waals surface area contributed by atoms with Crippen molar-refractivity contribution in [1.29, 1.82) is 0 Å². The fourth-order valence-corrected chi connectivity index (χ4v) is 5.33. The molecule has 0 aliphatic heterocycles. The summed E-state index contributed by atoms with van der Waals surface area (Å²) in [6.45, 7) is 3.31. The van der Waals surface area contributed by atoms with Gasteiger partial charge in [0.2, 0.25) is 0 Å². The van der Waals surface area contributed by atoms with Crippen LogP contribution in [0.2, 0.25) is 10.0 Å². The number of halogens is 3. The summed E-state index contributed by atoms with van der Waals surface area (Å²) in [6, 6.07) is 10.1. The van der Waals surface area contributed by atoms with Crippen molar-refractivity contribution >= 4 is 67.4 Å². The summed E-state index contributed by atoms with van der Waals surface area (Å²) in [4.78, 5) is 25.2. The second kappa shape index (κ2) is 11.2. The van der Waals surface area contributed by atoms with Gasteiger partial charge >= 0.3 is 6.09 Å². The van der Waals surface area contributed by atoms with Crippen LogP contribution in [0.1, 0.15) is 13.8 Å². The summed E-state index contributed by atoms with van der Waals surface area (Å²) in [5, 5.41) is 4.24. The van der Waals surface area contributed by atoms with Crippen molar-refractivity contribution in [2.24, 2.45) is 0 Å². The molecule has 1 unspecified atom stereocenters. The van der Waals surface area contributed by atoms with Crippen LogP contribution in [0.5, 0.6) is 11.5 Å². The molecule has 0 aliphatic rings. The minimum atomic E-state index is -0.764. The van der Waals surface area contributed by atoms with Crippen LogP contribution in [0.3, 0.4) is 0 Å². The van der Waals surface area contributed by atoms with Crippen molar-refractivity contribution in [1.82, 2.24) is 15.0 Å². The molecule has 1 amide bonds. The number of rotatable bonds is 7. The highest BCUT2D eigenvalue weighted by atomic mass is 35.5. The lowest BCUT2D eigenvalue weighted by Gasteiger charge is -2.22. The van der Waals surface area contributed by atoms with E-state index < -0.39 is 24.1 Å². The van der Waals surface area contributed by atoms with Gasteiger partial charge in [-0.05, 0) is 44.2 Å². The molecule has 0 saturated heterocycles. The van der Waals surface area contributed by atoms with E-state index in [0.29, 0.717) is 37.2 Å². The summed E-state index contributed by atoms with van der Waals surface area (Å²) >= 11 is 14.1. The quantitative estimate of drug-likeness (QED) is 0.208. The average molecular weight is 587 g/mol. The van der Waals surface area contributed by atoms with Gasteiger partial charge in [0.05, 0.1) is 23.5 Å². The fraction of sp³-hybridized carbons (Fsp3) is 0.185. The Hall–Kier alpha value is -3.73. The first kappa shape index (κ1) is 26.9. The monoisotopic (exact) mass is 586 g/mol. The molecule has 3 heterocycles. The Kier molecular flexibility index (Phi) is 7.69. The zero-order chi connectivity index (χ0) is 27.7. The molecule has 0 bridgehead atoms. The molecule has 0 saturated carbocycles. The van der Waals surface area contributed by atoms with Gasteiger partial charge in [0.25, 0.3) is 0 Å². The summed E-state index contributed by atoms with van der Waals surface area (Å²) in [5.41, 5.74) is 2.16. The van der Waals surface area contributed by atoms with Crippen LogP contribution < -0.4 is 14.8 Å². The van der Waals surface area contributed by atoms with Gasteiger partial charge < -0.3 is 14.2 Å². The van der Waals surface area contributed by atoms with Crippen LogP contribution in [0.4, 0.5) is 14.9 Å². The van der Waals surface area contributed by atoms with Crippen molar-refractivity contribution < 1.29 is 23.4 Å². The number of thiazole rings is 1. The Morgan fingerprint density at radius 3 is 2.59 bits per heavy atom. The zero-order valence-corrected chi connectivity index (χ0v) is 23.2. The van der Waals surface area contributed by atoms with Crippen LogP contribution in [0.25, 0.3) is 31.7 Å². The third-order valence-corrected chi connectivity index (χ3v) is 7.51. The van der Waals surface area contributed by atoms with E-state index in [4.69, 9.17) is 37.4 Å². The van der Waals surface area contributed by atoms with E-state index in [2.05, 4.69) is 20.3 Å². The molecule has 2 atom stereocenters. The minimum absolute atomic E-state index is 0.0843. The smallest absolute Gasteiger partial charge is 0.412 e. The Balaban J connectivity index is 1.40. The molecule has 2 aromatic carbocycles. The second-order valence-electron chi connectivity index (χ2n) is 8.56. The molecular formula is C27H21Cl2FN4O4S. The Bertz CT molecular complexity index is 1690. The van der Waals surface area contributed by atoms with Gasteiger partial charge in [-0.1, -0.05) is 23.2 Å². The van der Waals surface area contributed by atoms with Crippen LogP contribution in [-0.2, 0) is 4.74 Å². The third kappa shape index (κ3) is 5.68. The van der Waals surface area contributed by atoms with Gasteiger partial charge in [-0.15, -0.1) is 11.3 Å². The van der Waals surface area contributed by atoms with E-state index in [-0.39, 0.29) is 16.3 Å². The van der Waals surface area contributed by atoms with Gasteiger partial charge in [0.15, 0.2) is 11.6 Å². The normalized spacial score (nSPS) is 12.8. The van der Waals surface area contributed by atoms with Gasteiger partial charge in [0.1, 0.15) is 33.5 Å². The largest absolute Gasteiger partial charge is 0.495 e. The number of ether oxygens (including phenoxy) is 3. The zero-order valence-electron chi connectivity index (χ0n) is 20.9. The number of fused-ring (bicyclic) bond motifs is 2. The summed E-state index contributed by atoms with van der Waals surface area (Å²) in [6.07, 6.45) is 2.61. The van der Waals surface area contributed by atoms with E-state index in [1.54, 1.807) is 63.8 Å². The van der Waals surface area contributed by atoms with Gasteiger partial charge in [-0.2, -0.15) is 0 Å². The van der Waals surface area contributed by atoms with Gasteiger partial charge in [-0.3, -0.25) is 15.3 Å². The standard InChI is InChI=1S/C27H21Cl2FN4O4S/c1-13(14(2)38-27(35)33-17-4-6-31-7-5-17)37-20-11-21-25(22(29)23(20)30)34-26(39-21)19-10-16(28)8-15-9-18(36-3)12-32-24(15)19/h4-14H,1-3H3,(H,31,33,35)/t13-,14?/m0/s1.